The average Bonchev–Trinajstić information content (AvgIpc) is 2.58. The predicted octanol–water partition coefficient (Wildman–Crippen LogP) is 3.66. The molecule has 122 valence electrons. The number of methoxy groups -OCH3 is 1. The molecule has 0 aliphatic heterocycles. The van der Waals surface area contributed by atoms with Gasteiger partial charge in [0.2, 0.25) is 0 Å². The summed E-state index contributed by atoms with van der Waals surface area (Å²) in [4.78, 5) is 11.1. The van der Waals surface area contributed by atoms with Crippen LogP contribution in [0.25, 0.3) is 0 Å². The summed E-state index contributed by atoms with van der Waals surface area (Å²) in [5, 5.41) is 12.3. The van der Waals surface area contributed by atoms with Crippen molar-refractivity contribution in [1.82, 2.24) is 0 Å². The highest BCUT2D eigenvalue weighted by Crippen LogP contribution is 2.17. The summed E-state index contributed by atoms with van der Waals surface area (Å²) in [6.07, 6.45) is 1.78. The molecule has 0 aliphatic carbocycles. The fraction of sp³-hybridized carbons (Fsp3) is 0.278. The van der Waals surface area contributed by atoms with Gasteiger partial charge in [-0.1, -0.05) is 12.1 Å². The average molecular weight is 315 g/mol. The minimum Gasteiger partial charge on any atom is -0.497 e. The molecular weight excluding hydrogens is 294 g/mol. The van der Waals surface area contributed by atoms with Crippen LogP contribution in [-0.2, 0) is 0 Å². The Balaban J connectivity index is 1.67. The van der Waals surface area contributed by atoms with E-state index in [1.54, 1.807) is 25.3 Å². The fourth-order valence-electron chi connectivity index (χ4n) is 2.14. The van der Waals surface area contributed by atoms with E-state index in [1.165, 1.54) is 0 Å². The minimum absolute atomic E-state index is 0.294. The summed E-state index contributed by atoms with van der Waals surface area (Å²) in [7, 11) is 1.63. The molecule has 23 heavy (non-hydrogen) atoms. The van der Waals surface area contributed by atoms with Crippen LogP contribution < -0.4 is 14.8 Å². The second-order valence-electron chi connectivity index (χ2n) is 5.01. The maximum absolute atomic E-state index is 11.1. The molecule has 0 saturated carbocycles. The van der Waals surface area contributed by atoms with Crippen molar-refractivity contribution in [2.24, 2.45) is 0 Å². The van der Waals surface area contributed by atoms with Gasteiger partial charge >= 0.3 is 5.97 Å². The first-order chi connectivity index (χ1) is 11.2. The number of carbonyl (C=O) groups is 1. The lowest BCUT2D eigenvalue weighted by Crippen LogP contribution is -2.08. The Morgan fingerprint density at radius 3 is 2.43 bits per heavy atom. The zero-order chi connectivity index (χ0) is 16.5. The smallest absolute Gasteiger partial charge is 0.337 e. The number of carboxylic acid groups (broad SMARTS) is 1. The van der Waals surface area contributed by atoms with E-state index < -0.39 is 5.97 Å². The molecule has 0 atom stereocenters. The van der Waals surface area contributed by atoms with E-state index in [2.05, 4.69) is 5.32 Å². The monoisotopic (exact) mass is 315 g/mol. The van der Waals surface area contributed by atoms with Crippen LogP contribution in [-0.4, -0.2) is 31.3 Å². The molecule has 5 heteroatoms. The van der Waals surface area contributed by atoms with E-state index >= 15 is 0 Å². The molecule has 2 rings (SSSR count). The van der Waals surface area contributed by atoms with Gasteiger partial charge in [-0.25, -0.2) is 4.79 Å². The summed E-state index contributed by atoms with van der Waals surface area (Å²) in [5.41, 5.74) is 0.943. The molecule has 0 spiro atoms. The summed E-state index contributed by atoms with van der Waals surface area (Å²) in [6.45, 7) is 1.32. The van der Waals surface area contributed by atoms with Crippen LogP contribution in [0.2, 0.25) is 0 Å². The molecule has 2 aromatic rings. The molecule has 2 N–H and O–H groups in total. The SMILES string of the molecule is COc1ccc(OCCCCNc2ccccc2C(=O)O)cc1. The molecule has 0 aliphatic rings. The number of rotatable bonds is 9. The lowest BCUT2D eigenvalue weighted by atomic mass is 10.2. The second kappa shape index (κ2) is 8.68. The normalized spacial score (nSPS) is 10.1. The highest BCUT2D eigenvalue weighted by atomic mass is 16.5. The summed E-state index contributed by atoms with van der Waals surface area (Å²) in [6, 6.07) is 14.4. The number of benzene rings is 2. The molecule has 0 unspecified atom stereocenters. The number of hydrogen-bond acceptors (Lipinski definition) is 4. The van der Waals surface area contributed by atoms with Crippen molar-refractivity contribution in [3.8, 4) is 11.5 Å². The first kappa shape index (κ1) is 16.7. The van der Waals surface area contributed by atoms with Gasteiger partial charge in [0.05, 0.1) is 19.3 Å². The van der Waals surface area contributed by atoms with Crippen molar-refractivity contribution < 1.29 is 19.4 Å². The number of nitrogens with one attached hydrogen (secondary N) is 1. The molecule has 5 nitrogen and oxygen atoms in total. The third-order valence-corrected chi connectivity index (χ3v) is 3.37. The third-order valence-electron chi connectivity index (χ3n) is 3.37. The quantitative estimate of drug-likeness (QED) is 0.691. The summed E-state index contributed by atoms with van der Waals surface area (Å²) in [5.74, 6) is 0.699. The van der Waals surface area contributed by atoms with Crippen LogP contribution in [0, 0.1) is 0 Å². The standard InChI is InChI=1S/C18H21NO4/c1-22-14-8-10-15(11-9-14)23-13-5-4-12-19-17-7-3-2-6-16(17)18(20)21/h2-3,6-11,19H,4-5,12-13H2,1H3,(H,20,21). The zero-order valence-electron chi connectivity index (χ0n) is 13.1. The number of ether oxygens (including phenoxy) is 2. The maximum Gasteiger partial charge on any atom is 0.337 e. The van der Waals surface area contributed by atoms with Gasteiger partial charge in [0, 0.05) is 12.2 Å². The lowest BCUT2D eigenvalue weighted by molar-refractivity contribution is 0.0698. The summed E-state index contributed by atoms with van der Waals surface area (Å²) < 4.78 is 10.7. The van der Waals surface area contributed by atoms with Crippen LogP contribution in [0.15, 0.2) is 48.5 Å². The van der Waals surface area contributed by atoms with Gasteiger partial charge in [0.1, 0.15) is 11.5 Å². The molecule has 0 aromatic heterocycles. The van der Waals surface area contributed by atoms with Gasteiger partial charge in [0.25, 0.3) is 0 Å². The van der Waals surface area contributed by atoms with E-state index in [-0.39, 0.29) is 0 Å². The first-order valence-corrected chi connectivity index (χ1v) is 7.54. The Morgan fingerprint density at radius 1 is 1.04 bits per heavy atom. The zero-order valence-corrected chi connectivity index (χ0v) is 13.1. The van der Waals surface area contributed by atoms with E-state index in [0.717, 1.165) is 24.3 Å². The van der Waals surface area contributed by atoms with Gasteiger partial charge < -0.3 is 19.9 Å². The Kier molecular flexibility index (Phi) is 6.29. The van der Waals surface area contributed by atoms with Crippen molar-refractivity contribution in [3.05, 3.63) is 54.1 Å². The topological polar surface area (TPSA) is 67.8 Å². The van der Waals surface area contributed by atoms with Crippen LogP contribution >= 0.6 is 0 Å². The van der Waals surface area contributed by atoms with E-state index in [4.69, 9.17) is 14.6 Å². The van der Waals surface area contributed by atoms with Gasteiger partial charge in [0.15, 0.2) is 0 Å². The van der Waals surface area contributed by atoms with Crippen LogP contribution in [0.3, 0.4) is 0 Å². The number of para-hydroxylation sites is 1. The Labute approximate surface area is 135 Å². The molecule has 0 bridgehead atoms. The second-order valence-corrected chi connectivity index (χ2v) is 5.01. The minimum atomic E-state index is -0.920. The Hall–Kier alpha value is -2.69. The van der Waals surface area contributed by atoms with E-state index in [0.29, 0.717) is 24.4 Å². The largest absolute Gasteiger partial charge is 0.497 e. The highest BCUT2D eigenvalue weighted by molar-refractivity contribution is 5.94. The Bertz CT molecular complexity index is 625. The van der Waals surface area contributed by atoms with Gasteiger partial charge in [-0.05, 0) is 49.2 Å². The van der Waals surface area contributed by atoms with Gasteiger partial charge in [-0.15, -0.1) is 0 Å². The van der Waals surface area contributed by atoms with Crippen molar-refractivity contribution in [2.75, 3.05) is 25.6 Å². The lowest BCUT2D eigenvalue weighted by Gasteiger charge is -2.10. The Morgan fingerprint density at radius 2 is 1.74 bits per heavy atom. The molecular formula is C18H21NO4. The summed E-state index contributed by atoms with van der Waals surface area (Å²) >= 11 is 0. The van der Waals surface area contributed by atoms with Gasteiger partial charge in [-0.3, -0.25) is 0 Å². The number of hydrogen-bond donors (Lipinski definition) is 2. The number of aromatic carboxylic acids is 1. The molecule has 0 amide bonds. The molecule has 0 radical (unpaired) electrons. The van der Waals surface area contributed by atoms with Crippen LogP contribution in [0.1, 0.15) is 23.2 Å². The van der Waals surface area contributed by atoms with Crippen LogP contribution in [0.4, 0.5) is 5.69 Å². The van der Waals surface area contributed by atoms with E-state index in [9.17, 15) is 4.79 Å². The van der Waals surface area contributed by atoms with E-state index in [1.807, 2.05) is 30.3 Å². The van der Waals surface area contributed by atoms with Crippen molar-refractivity contribution in [1.29, 1.82) is 0 Å². The fourth-order valence-corrected chi connectivity index (χ4v) is 2.14. The molecule has 0 saturated heterocycles. The number of unbranched alkanes of at least 4 members (excludes halogenated alkanes) is 1. The van der Waals surface area contributed by atoms with Gasteiger partial charge in [-0.2, -0.15) is 0 Å². The maximum atomic E-state index is 11.1. The first-order valence-electron chi connectivity index (χ1n) is 7.54. The van der Waals surface area contributed by atoms with Crippen molar-refractivity contribution >= 4 is 11.7 Å². The third kappa shape index (κ3) is 5.21. The number of carboxylic acids is 1. The predicted molar refractivity (Wildman–Crippen MR) is 89.6 cm³/mol. The molecule has 0 heterocycles. The highest BCUT2D eigenvalue weighted by Gasteiger charge is 2.07. The molecule has 0 fully saturated rings. The molecule has 2 aromatic carbocycles. The van der Waals surface area contributed by atoms with Crippen molar-refractivity contribution in [2.45, 2.75) is 12.8 Å². The van der Waals surface area contributed by atoms with Crippen molar-refractivity contribution in [3.63, 3.8) is 0 Å². The number of anilines is 1. The van der Waals surface area contributed by atoms with Crippen LogP contribution in [0.5, 0.6) is 11.5 Å².